The van der Waals surface area contributed by atoms with Crippen LogP contribution in [-0.4, -0.2) is 15.7 Å². The van der Waals surface area contributed by atoms with E-state index in [9.17, 15) is 4.79 Å². The number of hydrogen-bond acceptors (Lipinski definition) is 3. The molecule has 0 fully saturated rings. The number of amides is 1. The summed E-state index contributed by atoms with van der Waals surface area (Å²) in [6, 6.07) is 10.9. The molecule has 0 radical (unpaired) electrons. The number of carbonyl (C=O) groups is 1. The molecule has 5 nitrogen and oxygen atoms in total. The Morgan fingerprint density at radius 1 is 1.31 bits per heavy atom. The van der Waals surface area contributed by atoms with Gasteiger partial charge in [-0.3, -0.25) is 4.79 Å². The molecular weight excluding hydrogens is 206 g/mol. The van der Waals surface area contributed by atoms with E-state index in [1.807, 2.05) is 30.3 Å². The van der Waals surface area contributed by atoms with Crippen LogP contribution in [0.1, 0.15) is 10.5 Å². The molecule has 0 aliphatic carbocycles. The summed E-state index contributed by atoms with van der Waals surface area (Å²) < 4.78 is 6.94. The van der Waals surface area contributed by atoms with Gasteiger partial charge in [0.25, 0.3) is 5.91 Å². The van der Waals surface area contributed by atoms with Gasteiger partial charge in [0.05, 0.1) is 0 Å². The Morgan fingerprint density at radius 3 is 2.69 bits per heavy atom. The Kier molecular flexibility index (Phi) is 2.86. The quantitative estimate of drug-likeness (QED) is 0.831. The van der Waals surface area contributed by atoms with Crippen LogP contribution in [0.2, 0.25) is 0 Å². The first-order chi connectivity index (χ1) is 7.75. The number of hydrogen-bond donors (Lipinski definition) is 1. The van der Waals surface area contributed by atoms with Gasteiger partial charge in [0, 0.05) is 6.20 Å². The van der Waals surface area contributed by atoms with Gasteiger partial charge in [-0.2, -0.15) is 5.10 Å². The van der Waals surface area contributed by atoms with Crippen molar-refractivity contribution in [2.45, 2.75) is 6.73 Å². The average molecular weight is 217 g/mol. The molecule has 0 bridgehead atoms. The van der Waals surface area contributed by atoms with Crippen molar-refractivity contribution >= 4 is 5.91 Å². The molecule has 0 saturated carbocycles. The van der Waals surface area contributed by atoms with E-state index in [0.717, 1.165) is 5.75 Å². The standard InChI is InChI=1S/C11H11N3O2/c12-11(15)10-6-7-14(13-10)8-16-9-4-2-1-3-5-9/h1-7H,8H2,(H2,12,15). The molecule has 1 amide bonds. The summed E-state index contributed by atoms with van der Waals surface area (Å²) >= 11 is 0. The monoisotopic (exact) mass is 217 g/mol. The summed E-state index contributed by atoms with van der Waals surface area (Å²) in [6.07, 6.45) is 1.64. The van der Waals surface area contributed by atoms with Gasteiger partial charge in [0.15, 0.2) is 6.73 Å². The van der Waals surface area contributed by atoms with Gasteiger partial charge in [0.2, 0.25) is 0 Å². The summed E-state index contributed by atoms with van der Waals surface area (Å²) in [5.74, 6) is 0.206. The van der Waals surface area contributed by atoms with E-state index < -0.39 is 5.91 Å². The third-order valence-corrected chi connectivity index (χ3v) is 2.00. The van der Waals surface area contributed by atoms with Gasteiger partial charge in [-0.25, -0.2) is 4.68 Å². The summed E-state index contributed by atoms with van der Waals surface area (Å²) in [6.45, 7) is 0.247. The highest BCUT2D eigenvalue weighted by Gasteiger charge is 2.04. The fourth-order valence-corrected chi connectivity index (χ4v) is 1.22. The lowest BCUT2D eigenvalue weighted by atomic mass is 10.3. The van der Waals surface area contributed by atoms with Crippen molar-refractivity contribution in [2.75, 3.05) is 0 Å². The van der Waals surface area contributed by atoms with E-state index in [2.05, 4.69) is 5.10 Å². The largest absolute Gasteiger partial charge is 0.471 e. The zero-order valence-corrected chi connectivity index (χ0v) is 8.54. The lowest BCUT2D eigenvalue weighted by Crippen LogP contribution is -2.13. The molecule has 0 spiro atoms. The topological polar surface area (TPSA) is 70.1 Å². The van der Waals surface area contributed by atoms with Crippen molar-refractivity contribution in [3.8, 4) is 5.75 Å². The molecule has 1 aromatic carbocycles. The van der Waals surface area contributed by atoms with Gasteiger partial charge in [-0.05, 0) is 18.2 Å². The van der Waals surface area contributed by atoms with E-state index in [-0.39, 0.29) is 12.4 Å². The first-order valence-corrected chi connectivity index (χ1v) is 4.77. The second kappa shape index (κ2) is 4.48. The van der Waals surface area contributed by atoms with Gasteiger partial charge >= 0.3 is 0 Å². The Balaban J connectivity index is 1.97. The van der Waals surface area contributed by atoms with Crippen LogP contribution in [0, 0.1) is 0 Å². The zero-order chi connectivity index (χ0) is 11.4. The van der Waals surface area contributed by atoms with Crippen LogP contribution >= 0.6 is 0 Å². The molecule has 0 atom stereocenters. The predicted octanol–water partition coefficient (Wildman–Crippen LogP) is 1.02. The van der Waals surface area contributed by atoms with Crippen LogP contribution in [-0.2, 0) is 6.73 Å². The smallest absolute Gasteiger partial charge is 0.269 e. The minimum atomic E-state index is -0.543. The van der Waals surface area contributed by atoms with Crippen LogP contribution in [0.15, 0.2) is 42.6 Å². The predicted molar refractivity (Wildman–Crippen MR) is 57.8 cm³/mol. The second-order valence-electron chi connectivity index (χ2n) is 3.19. The van der Waals surface area contributed by atoms with Gasteiger partial charge in [-0.15, -0.1) is 0 Å². The van der Waals surface area contributed by atoms with E-state index >= 15 is 0 Å². The normalized spacial score (nSPS) is 10.0. The molecule has 2 N–H and O–H groups in total. The number of primary amides is 1. The van der Waals surface area contributed by atoms with Gasteiger partial charge in [0.1, 0.15) is 11.4 Å². The molecule has 0 aliphatic rings. The number of rotatable bonds is 4. The highest BCUT2D eigenvalue weighted by atomic mass is 16.5. The Morgan fingerprint density at radius 2 is 2.06 bits per heavy atom. The number of nitrogens with zero attached hydrogens (tertiary/aromatic N) is 2. The van der Waals surface area contributed by atoms with E-state index in [1.165, 1.54) is 4.68 Å². The van der Waals surface area contributed by atoms with Crippen molar-refractivity contribution in [3.05, 3.63) is 48.3 Å². The highest BCUT2D eigenvalue weighted by molar-refractivity contribution is 5.90. The number of ether oxygens (including phenoxy) is 1. The van der Waals surface area contributed by atoms with Gasteiger partial charge in [-0.1, -0.05) is 18.2 Å². The molecule has 1 heterocycles. The zero-order valence-electron chi connectivity index (χ0n) is 8.54. The summed E-state index contributed by atoms with van der Waals surface area (Å²) in [5.41, 5.74) is 5.31. The Labute approximate surface area is 92.4 Å². The molecule has 82 valence electrons. The SMILES string of the molecule is NC(=O)c1ccn(COc2ccccc2)n1. The molecule has 2 aromatic rings. The first-order valence-electron chi connectivity index (χ1n) is 4.77. The Bertz CT molecular complexity index is 479. The lowest BCUT2D eigenvalue weighted by Gasteiger charge is -2.05. The maximum atomic E-state index is 10.8. The molecule has 0 saturated heterocycles. The third-order valence-electron chi connectivity index (χ3n) is 2.00. The number of para-hydroxylation sites is 1. The molecule has 1 aromatic heterocycles. The average Bonchev–Trinajstić information content (AvgIpc) is 2.76. The van der Waals surface area contributed by atoms with Crippen LogP contribution in [0.3, 0.4) is 0 Å². The second-order valence-corrected chi connectivity index (χ2v) is 3.19. The number of benzene rings is 1. The maximum absolute atomic E-state index is 10.8. The number of nitrogens with two attached hydrogens (primary N) is 1. The molecule has 2 rings (SSSR count). The fourth-order valence-electron chi connectivity index (χ4n) is 1.22. The van der Waals surface area contributed by atoms with Crippen molar-refractivity contribution in [2.24, 2.45) is 5.73 Å². The molecule has 16 heavy (non-hydrogen) atoms. The van der Waals surface area contributed by atoms with Crippen LogP contribution in [0.5, 0.6) is 5.75 Å². The summed E-state index contributed by atoms with van der Waals surface area (Å²) in [7, 11) is 0. The van der Waals surface area contributed by atoms with Crippen molar-refractivity contribution in [3.63, 3.8) is 0 Å². The number of aromatic nitrogens is 2. The molecular formula is C11H11N3O2. The first kappa shape index (κ1) is 10.2. The van der Waals surface area contributed by atoms with Crippen LogP contribution < -0.4 is 10.5 Å². The summed E-state index contributed by atoms with van der Waals surface area (Å²) in [5, 5.41) is 3.94. The van der Waals surface area contributed by atoms with Crippen LogP contribution in [0.4, 0.5) is 0 Å². The highest BCUT2D eigenvalue weighted by Crippen LogP contribution is 2.08. The van der Waals surface area contributed by atoms with Crippen molar-refractivity contribution in [1.29, 1.82) is 0 Å². The van der Waals surface area contributed by atoms with Crippen LogP contribution in [0.25, 0.3) is 0 Å². The summed E-state index contributed by atoms with van der Waals surface area (Å²) in [4.78, 5) is 10.8. The van der Waals surface area contributed by atoms with E-state index in [0.29, 0.717) is 0 Å². The van der Waals surface area contributed by atoms with Crippen molar-refractivity contribution in [1.82, 2.24) is 9.78 Å². The fraction of sp³-hybridized carbons (Fsp3) is 0.0909. The molecule has 5 heteroatoms. The maximum Gasteiger partial charge on any atom is 0.269 e. The van der Waals surface area contributed by atoms with E-state index in [4.69, 9.17) is 10.5 Å². The minimum Gasteiger partial charge on any atom is -0.471 e. The molecule has 0 aliphatic heterocycles. The van der Waals surface area contributed by atoms with Gasteiger partial charge < -0.3 is 10.5 Å². The minimum absolute atomic E-state index is 0.233. The lowest BCUT2D eigenvalue weighted by molar-refractivity contribution is 0.0993. The van der Waals surface area contributed by atoms with E-state index in [1.54, 1.807) is 12.3 Å². The third kappa shape index (κ3) is 2.38. The number of carbonyl (C=O) groups excluding carboxylic acids is 1. The Hall–Kier alpha value is -2.30. The molecule has 0 unspecified atom stereocenters. The van der Waals surface area contributed by atoms with Crippen molar-refractivity contribution < 1.29 is 9.53 Å².